The maximum absolute atomic E-state index is 12.2. The van der Waals surface area contributed by atoms with E-state index >= 15 is 0 Å². The van der Waals surface area contributed by atoms with Crippen LogP contribution in [0.2, 0.25) is 0 Å². The third-order valence-electron chi connectivity index (χ3n) is 4.06. The van der Waals surface area contributed by atoms with E-state index in [9.17, 15) is 4.79 Å². The molecular weight excluding hydrogens is 252 g/mol. The fourth-order valence-corrected chi connectivity index (χ4v) is 2.86. The summed E-state index contributed by atoms with van der Waals surface area (Å²) in [5.74, 6) is 0.268. The molecule has 1 amide bonds. The monoisotopic (exact) mass is 278 g/mol. The molecule has 1 atom stereocenters. The van der Waals surface area contributed by atoms with Gasteiger partial charge in [0.15, 0.2) is 0 Å². The Morgan fingerprint density at radius 3 is 2.80 bits per heavy atom. The van der Waals surface area contributed by atoms with Crippen LogP contribution in [0, 0.1) is 0 Å². The number of nitrogens with zero attached hydrogens (tertiary/aromatic N) is 4. The van der Waals surface area contributed by atoms with Gasteiger partial charge in [0, 0.05) is 25.7 Å². The summed E-state index contributed by atoms with van der Waals surface area (Å²) >= 11 is 0. The van der Waals surface area contributed by atoms with Gasteiger partial charge in [-0.3, -0.25) is 9.48 Å². The lowest BCUT2D eigenvalue weighted by Crippen LogP contribution is -2.45. The summed E-state index contributed by atoms with van der Waals surface area (Å²) < 4.78 is 2.11. The molecule has 1 aromatic heterocycles. The van der Waals surface area contributed by atoms with Gasteiger partial charge in [-0.15, -0.1) is 0 Å². The highest BCUT2D eigenvalue weighted by molar-refractivity contribution is 5.76. The molecule has 20 heavy (non-hydrogen) atoms. The van der Waals surface area contributed by atoms with Crippen LogP contribution in [0.15, 0.2) is 12.3 Å². The molecule has 0 radical (unpaired) electrons. The molecule has 0 spiro atoms. The number of aromatic nitrogens is 2. The van der Waals surface area contributed by atoms with E-state index in [0.717, 1.165) is 38.3 Å². The lowest BCUT2D eigenvalue weighted by molar-refractivity contribution is -0.133. The second-order valence-corrected chi connectivity index (χ2v) is 5.43. The average molecular weight is 278 g/mol. The van der Waals surface area contributed by atoms with Gasteiger partial charge in [0.2, 0.25) is 5.91 Å². The second-order valence-electron chi connectivity index (χ2n) is 5.43. The predicted octanol–water partition coefficient (Wildman–Crippen LogP) is 1.91. The maximum atomic E-state index is 12.2. The Labute approximate surface area is 121 Å². The van der Waals surface area contributed by atoms with Crippen LogP contribution >= 0.6 is 0 Å². The molecule has 0 N–H and O–H groups in total. The van der Waals surface area contributed by atoms with Gasteiger partial charge in [0.25, 0.3) is 0 Å². The quantitative estimate of drug-likeness (QED) is 0.798. The van der Waals surface area contributed by atoms with E-state index in [2.05, 4.69) is 35.5 Å². The van der Waals surface area contributed by atoms with E-state index in [4.69, 9.17) is 0 Å². The summed E-state index contributed by atoms with van der Waals surface area (Å²) in [7, 11) is 0. The molecule has 0 saturated carbocycles. The zero-order valence-corrected chi connectivity index (χ0v) is 12.9. The standard InChI is InChI=1S/C15H26N4O/c1-4-7-15(20)18-11-13-8-9-16-19(13)14(12-18)10-17(5-2)6-3/h8-9,14H,4-7,10-12H2,1-3H3/t14-/m0/s1. The summed E-state index contributed by atoms with van der Waals surface area (Å²) in [6.07, 6.45) is 3.40. The van der Waals surface area contributed by atoms with Gasteiger partial charge in [-0.2, -0.15) is 5.10 Å². The molecule has 0 aliphatic carbocycles. The van der Waals surface area contributed by atoms with Gasteiger partial charge >= 0.3 is 0 Å². The minimum atomic E-state index is 0.268. The molecule has 0 aromatic carbocycles. The fraction of sp³-hybridized carbons (Fsp3) is 0.733. The van der Waals surface area contributed by atoms with Gasteiger partial charge < -0.3 is 9.80 Å². The van der Waals surface area contributed by atoms with Gasteiger partial charge in [-0.1, -0.05) is 20.8 Å². The van der Waals surface area contributed by atoms with Crippen LogP contribution in [0.4, 0.5) is 0 Å². The van der Waals surface area contributed by atoms with Crippen molar-refractivity contribution in [2.45, 2.75) is 46.2 Å². The van der Waals surface area contributed by atoms with Crippen molar-refractivity contribution in [2.24, 2.45) is 0 Å². The minimum absolute atomic E-state index is 0.268. The van der Waals surface area contributed by atoms with E-state index in [1.165, 1.54) is 0 Å². The Balaban J connectivity index is 2.12. The van der Waals surface area contributed by atoms with Gasteiger partial charge in [-0.05, 0) is 25.6 Å². The number of amides is 1. The van der Waals surface area contributed by atoms with Crippen LogP contribution in [0.3, 0.4) is 0 Å². The molecule has 0 fully saturated rings. The van der Waals surface area contributed by atoms with E-state index < -0.39 is 0 Å². The smallest absolute Gasteiger partial charge is 0.222 e. The zero-order valence-electron chi connectivity index (χ0n) is 12.9. The Morgan fingerprint density at radius 2 is 2.15 bits per heavy atom. The first-order valence-electron chi connectivity index (χ1n) is 7.72. The van der Waals surface area contributed by atoms with Crippen molar-refractivity contribution in [3.63, 3.8) is 0 Å². The summed E-state index contributed by atoms with van der Waals surface area (Å²) in [6.45, 7) is 10.9. The van der Waals surface area contributed by atoms with E-state index in [0.29, 0.717) is 13.0 Å². The first kappa shape index (κ1) is 15.0. The topological polar surface area (TPSA) is 41.4 Å². The molecule has 2 rings (SSSR count). The average Bonchev–Trinajstić information content (AvgIpc) is 2.93. The third-order valence-corrected chi connectivity index (χ3v) is 4.06. The fourth-order valence-electron chi connectivity index (χ4n) is 2.86. The molecule has 1 aromatic rings. The molecule has 112 valence electrons. The van der Waals surface area contributed by atoms with Gasteiger partial charge in [0.1, 0.15) is 0 Å². The normalized spacial score (nSPS) is 18.4. The molecular formula is C15H26N4O. The SMILES string of the molecule is CCCC(=O)N1Cc2ccnn2[C@@H](CN(CC)CC)C1. The van der Waals surface area contributed by atoms with Crippen molar-refractivity contribution < 1.29 is 4.79 Å². The lowest BCUT2D eigenvalue weighted by atomic mass is 10.1. The van der Waals surface area contributed by atoms with Crippen LogP contribution in [-0.2, 0) is 11.3 Å². The van der Waals surface area contributed by atoms with Crippen LogP contribution in [0.1, 0.15) is 45.3 Å². The van der Waals surface area contributed by atoms with Crippen molar-refractivity contribution in [1.29, 1.82) is 0 Å². The Bertz CT molecular complexity index is 439. The summed E-state index contributed by atoms with van der Waals surface area (Å²) in [6, 6.07) is 2.30. The van der Waals surface area contributed by atoms with Crippen molar-refractivity contribution in [3.05, 3.63) is 18.0 Å². The van der Waals surface area contributed by atoms with Crippen LogP contribution < -0.4 is 0 Å². The van der Waals surface area contributed by atoms with E-state index in [1.54, 1.807) is 0 Å². The highest BCUT2D eigenvalue weighted by Crippen LogP contribution is 2.22. The third kappa shape index (κ3) is 3.20. The number of rotatable bonds is 6. The van der Waals surface area contributed by atoms with Crippen molar-refractivity contribution in [1.82, 2.24) is 19.6 Å². The molecule has 0 saturated heterocycles. The Morgan fingerprint density at radius 1 is 1.40 bits per heavy atom. The van der Waals surface area contributed by atoms with Crippen LogP contribution in [-0.4, -0.2) is 51.7 Å². The summed E-state index contributed by atoms with van der Waals surface area (Å²) in [5.41, 5.74) is 1.15. The number of hydrogen-bond acceptors (Lipinski definition) is 3. The molecule has 5 nitrogen and oxygen atoms in total. The summed E-state index contributed by atoms with van der Waals surface area (Å²) in [5, 5.41) is 4.45. The van der Waals surface area contributed by atoms with Crippen molar-refractivity contribution >= 4 is 5.91 Å². The second kappa shape index (κ2) is 6.88. The Hall–Kier alpha value is -1.36. The lowest BCUT2D eigenvalue weighted by Gasteiger charge is -2.36. The number of hydrogen-bond donors (Lipinski definition) is 0. The highest BCUT2D eigenvalue weighted by Gasteiger charge is 2.28. The van der Waals surface area contributed by atoms with E-state index in [-0.39, 0.29) is 11.9 Å². The maximum Gasteiger partial charge on any atom is 0.222 e. The molecule has 1 aliphatic rings. The molecule has 1 aliphatic heterocycles. The van der Waals surface area contributed by atoms with Crippen molar-refractivity contribution in [3.8, 4) is 0 Å². The Kier molecular flexibility index (Phi) is 5.17. The molecule has 0 bridgehead atoms. The number of likely N-dealkylation sites (N-methyl/N-ethyl adjacent to an activating group) is 1. The largest absolute Gasteiger partial charge is 0.335 e. The molecule has 0 unspecified atom stereocenters. The van der Waals surface area contributed by atoms with Crippen molar-refractivity contribution in [2.75, 3.05) is 26.2 Å². The number of fused-ring (bicyclic) bond motifs is 1. The van der Waals surface area contributed by atoms with Gasteiger partial charge in [0.05, 0.1) is 18.3 Å². The van der Waals surface area contributed by atoms with Gasteiger partial charge in [-0.25, -0.2) is 0 Å². The first-order valence-corrected chi connectivity index (χ1v) is 7.72. The zero-order chi connectivity index (χ0) is 14.5. The predicted molar refractivity (Wildman–Crippen MR) is 79.4 cm³/mol. The van der Waals surface area contributed by atoms with Crippen LogP contribution in [0.25, 0.3) is 0 Å². The molecule has 2 heterocycles. The minimum Gasteiger partial charge on any atom is -0.335 e. The van der Waals surface area contributed by atoms with E-state index in [1.807, 2.05) is 17.2 Å². The van der Waals surface area contributed by atoms with Crippen LogP contribution in [0.5, 0.6) is 0 Å². The summed E-state index contributed by atoms with van der Waals surface area (Å²) in [4.78, 5) is 16.6. The highest BCUT2D eigenvalue weighted by atomic mass is 16.2. The number of carbonyl (C=O) groups excluding carboxylic acids is 1. The number of carbonyl (C=O) groups is 1. The first-order chi connectivity index (χ1) is 9.69. The molecule has 5 heteroatoms.